The zero-order valence-corrected chi connectivity index (χ0v) is 10.8. The van der Waals surface area contributed by atoms with Gasteiger partial charge in [0.2, 0.25) is 0 Å². The number of halogens is 1. The summed E-state index contributed by atoms with van der Waals surface area (Å²) in [7, 11) is 2.14. The molecule has 1 heterocycles. The van der Waals surface area contributed by atoms with Gasteiger partial charge in [-0.3, -0.25) is 0 Å². The molecule has 0 unspecified atom stereocenters. The van der Waals surface area contributed by atoms with Gasteiger partial charge in [-0.1, -0.05) is 28.1 Å². The molecule has 82 valence electrons. The molecule has 1 aliphatic heterocycles. The molecule has 0 bridgehead atoms. The van der Waals surface area contributed by atoms with Crippen LogP contribution in [0.15, 0.2) is 28.7 Å². The lowest BCUT2D eigenvalue weighted by molar-refractivity contribution is -0.0963. The Morgan fingerprint density at radius 3 is 2.60 bits per heavy atom. The molecule has 0 saturated carbocycles. The summed E-state index contributed by atoms with van der Waals surface area (Å²) in [5, 5.41) is 0. The minimum absolute atomic E-state index is 0.159. The van der Waals surface area contributed by atoms with Crippen LogP contribution in [0.1, 0.15) is 12.5 Å². The van der Waals surface area contributed by atoms with Crippen LogP contribution in [-0.2, 0) is 10.3 Å². The molecule has 15 heavy (non-hydrogen) atoms. The standard InChI is InChI=1S/C12H16BrNO/c1-12(9-14(2)7-8-15-12)10-3-5-11(13)6-4-10/h3-6H,7-9H2,1-2H3/t12-/m1/s1. The quantitative estimate of drug-likeness (QED) is 0.777. The largest absolute Gasteiger partial charge is 0.368 e. The number of rotatable bonds is 1. The third-order valence-electron chi connectivity index (χ3n) is 2.92. The highest BCUT2D eigenvalue weighted by molar-refractivity contribution is 9.10. The van der Waals surface area contributed by atoms with E-state index in [1.165, 1.54) is 5.56 Å². The van der Waals surface area contributed by atoms with Gasteiger partial charge in [0, 0.05) is 17.6 Å². The van der Waals surface area contributed by atoms with Crippen molar-refractivity contribution in [3.8, 4) is 0 Å². The minimum atomic E-state index is -0.159. The first-order chi connectivity index (χ1) is 7.10. The summed E-state index contributed by atoms with van der Waals surface area (Å²) >= 11 is 3.45. The molecule has 1 atom stereocenters. The van der Waals surface area contributed by atoms with Crippen molar-refractivity contribution in [3.05, 3.63) is 34.3 Å². The second-order valence-corrected chi connectivity index (χ2v) is 5.24. The summed E-state index contributed by atoms with van der Waals surface area (Å²) in [6, 6.07) is 8.39. The molecule has 2 rings (SSSR count). The number of morpholine rings is 1. The van der Waals surface area contributed by atoms with Crippen molar-refractivity contribution in [2.45, 2.75) is 12.5 Å². The fourth-order valence-electron chi connectivity index (χ4n) is 2.04. The molecule has 0 aromatic heterocycles. The summed E-state index contributed by atoms with van der Waals surface area (Å²) in [5.74, 6) is 0. The van der Waals surface area contributed by atoms with Crippen LogP contribution in [-0.4, -0.2) is 31.6 Å². The molecule has 0 N–H and O–H groups in total. The predicted octanol–water partition coefficient (Wildman–Crippen LogP) is 2.63. The normalized spacial score (nSPS) is 27.9. The van der Waals surface area contributed by atoms with Crippen molar-refractivity contribution in [1.82, 2.24) is 4.90 Å². The first-order valence-corrected chi connectivity index (χ1v) is 5.98. The molecule has 1 aromatic carbocycles. The Morgan fingerprint density at radius 2 is 2.00 bits per heavy atom. The fourth-order valence-corrected chi connectivity index (χ4v) is 2.31. The van der Waals surface area contributed by atoms with Gasteiger partial charge >= 0.3 is 0 Å². The van der Waals surface area contributed by atoms with Gasteiger partial charge in [0.1, 0.15) is 5.60 Å². The van der Waals surface area contributed by atoms with Crippen molar-refractivity contribution in [3.63, 3.8) is 0 Å². The average Bonchev–Trinajstić information content (AvgIpc) is 2.18. The van der Waals surface area contributed by atoms with Gasteiger partial charge in [-0.2, -0.15) is 0 Å². The number of likely N-dealkylation sites (N-methyl/N-ethyl adjacent to an activating group) is 1. The van der Waals surface area contributed by atoms with Gasteiger partial charge in [0.25, 0.3) is 0 Å². The summed E-state index contributed by atoms with van der Waals surface area (Å²) in [6.07, 6.45) is 0. The van der Waals surface area contributed by atoms with Crippen molar-refractivity contribution >= 4 is 15.9 Å². The van der Waals surface area contributed by atoms with E-state index in [0.29, 0.717) is 0 Å². The van der Waals surface area contributed by atoms with Crippen LogP contribution in [0.5, 0.6) is 0 Å². The second kappa shape index (κ2) is 4.24. The van der Waals surface area contributed by atoms with Gasteiger partial charge in [-0.25, -0.2) is 0 Å². The maximum atomic E-state index is 5.90. The molecular weight excluding hydrogens is 254 g/mol. The summed E-state index contributed by atoms with van der Waals surface area (Å²) in [5.41, 5.74) is 1.09. The summed E-state index contributed by atoms with van der Waals surface area (Å²) in [6.45, 7) is 4.94. The monoisotopic (exact) mass is 269 g/mol. The second-order valence-electron chi connectivity index (χ2n) is 4.32. The minimum Gasteiger partial charge on any atom is -0.368 e. The Labute approximate surface area is 99.4 Å². The number of benzene rings is 1. The molecule has 3 heteroatoms. The van der Waals surface area contributed by atoms with E-state index < -0.39 is 0 Å². The molecular formula is C12H16BrNO. The molecule has 1 saturated heterocycles. The number of hydrogen-bond donors (Lipinski definition) is 0. The van der Waals surface area contributed by atoms with E-state index in [-0.39, 0.29) is 5.60 Å². The fraction of sp³-hybridized carbons (Fsp3) is 0.500. The van der Waals surface area contributed by atoms with Crippen LogP contribution in [0.4, 0.5) is 0 Å². The van der Waals surface area contributed by atoms with E-state index in [1.54, 1.807) is 0 Å². The number of nitrogens with zero attached hydrogens (tertiary/aromatic N) is 1. The lowest BCUT2D eigenvalue weighted by atomic mass is 9.94. The molecule has 0 aliphatic carbocycles. The zero-order valence-electron chi connectivity index (χ0n) is 9.16. The first kappa shape index (κ1) is 11.1. The summed E-state index contributed by atoms with van der Waals surface area (Å²) in [4.78, 5) is 2.31. The van der Waals surface area contributed by atoms with Gasteiger partial charge in [0.05, 0.1) is 6.61 Å². The Balaban J connectivity index is 2.24. The van der Waals surface area contributed by atoms with Crippen LogP contribution < -0.4 is 0 Å². The maximum Gasteiger partial charge on any atom is 0.103 e. The van der Waals surface area contributed by atoms with Crippen LogP contribution in [0, 0.1) is 0 Å². The topological polar surface area (TPSA) is 12.5 Å². The lowest BCUT2D eigenvalue weighted by Crippen LogP contribution is -2.46. The van der Waals surface area contributed by atoms with Crippen molar-refractivity contribution < 1.29 is 4.74 Å². The van der Waals surface area contributed by atoms with Crippen molar-refractivity contribution in [2.75, 3.05) is 26.7 Å². The Hall–Kier alpha value is -0.380. The highest BCUT2D eigenvalue weighted by Gasteiger charge is 2.32. The van der Waals surface area contributed by atoms with E-state index in [4.69, 9.17) is 4.74 Å². The van der Waals surface area contributed by atoms with Crippen LogP contribution in [0.2, 0.25) is 0 Å². The Morgan fingerprint density at radius 1 is 1.33 bits per heavy atom. The smallest absolute Gasteiger partial charge is 0.103 e. The number of hydrogen-bond acceptors (Lipinski definition) is 2. The summed E-state index contributed by atoms with van der Waals surface area (Å²) < 4.78 is 7.01. The average molecular weight is 270 g/mol. The van der Waals surface area contributed by atoms with Gasteiger partial charge < -0.3 is 9.64 Å². The maximum absolute atomic E-state index is 5.90. The molecule has 1 fully saturated rings. The molecule has 2 nitrogen and oxygen atoms in total. The van der Waals surface area contributed by atoms with E-state index in [1.807, 2.05) is 0 Å². The molecule has 1 aliphatic rings. The number of ether oxygens (including phenoxy) is 1. The molecule has 0 amide bonds. The molecule has 1 aromatic rings. The first-order valence-electron chi connectivity index (χ1n) is 5.19. The van der Waals surface area contributed by atoms with Crippen LogP contribution >= 0.6 is 15.9 Å². The molecule has 0 radical (unpaired) electrons. The lowest BCUT2D eigenvalue weighted by Gasteiger charge is -2.39. The van der Waals surface area contributed by atoms with Gasteiger partial charge in [-0.15, -0.1) is 0 Å². The Kier molecular flexibility index (Phi) is 3.14. The van der Waals surface area contributed by atoms with E-state index in [9.17, 15) is 0 Å². The highest BCUT2D eigenvalue weighted by atomic mass is 79.9. The van der Waals surface area contributed by atoms with E-state index >= 15 is 0 Å². The third-order valence-corrected chi connectivity index (χ3v) is 3.45. The SMILES string of the molecule is CN1CCO[C@@](C)(c2ccc(Br)cc2)C1. The third kappa shape index (κ3) is 2.41. The predicted molar refractivity (Wildman–Crippen MR) is 64.9 cm³/mol. The van der Waals surface area contributed by atoms with E-state index in [0.717, 1.165) is 24.2 Å². The van der Waals surface area contributed by atoms with E-state index in [2.05, 4.69) is 59.1 Å². The molecule has 0 spiro atoms. The van der Waals surface area contributed by atoms with Crippen LogP contribution in [0.3, 0.4) is 0 Å². The van der Waals surface area contributed by atoms with Gasteiger partial charge in [0.15, 0.2) is 0 Å². The van der Waals surface area contributed by atoms with Gasteiger partial charge in [-0.05, 0) is 31.7 Å². The van der Waals surface area contributed by atoms with Crippen molar-refractivity contribution in [2.24, 2.45) is 0 Å². The zero-order chi connectivity index (χ0) is 10.9. The van der Waals surface area contributed by atoms with Crippen molar-refractivity contribution in [1.29, 1.82) is 0 Å². The highest BCUT2D eigenvalue weighted by Crippen LogP contribution is 2.29. The Bertz CT molecular complexity index is 338. The van der Waals surface area contributed by atoms with Crippen LogP contribution in [0.25, 0.3) is 0 Å².